The van der Waals surface area contributed by atoms with E-state index in [1.807, 2.05) is 12.1 Å². The van der Waals surface area contributed by atoms with Gasteiger partial charge < -0.3 is 10.4 Å². The second-order valence-electron chi connectivity index (χ2n) is 4.67. The maximum Gasteiger partial charge on any atom is 0.120 e. The van der Waals surface area contributed by atoms with Gasteiger partial charge in [-0.3, -0.25) is 0 Å². The molecule has 2 rings (SSSR count). The van der Waals surface area contributed by atoms with E-state index in [1.165, 1.54) is 5.56 Å². The second-order valence-corrected chi connectivity index (χ2v) is 5.59. The number of aryl methyl sites for hydroxylation is 1. The molecule has 2 nitrogen and oxygen atoms in total. The molecular formula is C16H18BrNO. The van der Waals surface area contributed by atoms with E-state index in [4.69, 9.17) is 0 Å². The Bertz CT molecular complexity index is 551. The van der Waals surface area contributed by atoms with Crippen LogP contribution in [0.2, 0.25) is 0 Å². The monoisotopic (exact) mass is 319 g/mol. The highest BCUT2D eigenvalue weighted by Crippen LogP contribution is 2.31. The van der Waals surface area contributed by atoms with Crippen molar-refractivity contribution >= 4 is 21.6 Å². The van der Waals surface area contributed by atoms with Gasteiger partial charge in [0.15, 0.2) is 0 Å². The molecule has 100 valence electrons. The summed E-state index contributed by atoms with van der Waals surface area (Å²) in [5.41, 5.74) is 3.22. The minimum absolute atomic E-state index is 0.0974. The molecule has 0 fully saturated rings. The third-order valence-electron chi connectivity index (χ3n) is 3.17. The lowest BCUT2D eigenvalue weighted by Gasteiger charge is -2.20. The Kier molecular flexibility index (Phi) is 4.48. The molecule has 0 amide bonds. The van der Waals surface area contributed by atoms with Gasteiger partial charge in [-0.15, -0.1) is 0 Å². The molecule has 2 aromatic rings. The van der Waals surface area contributed by atoms with Crippen molar-refractivity contribution in [2.45, 2.75) is 26.3 Å². The van der Waals surface area contributed by atoms with E-state index in [1.54, 1.807) is 6.07 Å². The number of aromatic hydroxyl groups is 1. The van der Waals surface area contributed by atoms with Gasteiger partial charge in [-0.05, 0) is 43.7 Å². The van der Waals surface area contributed by atoms with Crippen molar-refractivity contribution in [3.63, 3.8) is 0 Å². The van der Waals surface area contributed by atoms with Crippen LogP contribution in [0.25, 0.3) is 0 Å². The van der Waals surface area contributed by atoms with E-state index >= 15 is 0 Å². The number of benzene rings is 2. The zero-order valence-corrected chi connectivity index (χ0v) is 12.7. The first kappa shape index (κ1) is 13.9. The number of hydrogen-bond acceptors (Lipinski definition) is 2. The molecule has 19 heavy (non-hydrogen) atoms. The van der Waals surface area contributed by atoms with Gasteiger partial charge in [0.1, 0.15) is 5.75 Å². The fourth-order valence-corrected chi connectivity index (χ4v) is 2.43. The van der Waals surface area contributed by atoms with Crippen molar-refractivity contribution in [2.75, 3.05) is 5.32 Å². The molecular weight excluding hydrogens is 302 g/mol. The number of halogens is 1. The topological polar surface area (TPSA) is 32.3 Å². The van der Waals surface area contributed by atoms with Crippen LogP contribution in [0, 0.1) is 6.92 Å². The van der Waals surface area contributed by atoms with E-state index in [2.05, 4.69) is 59.4 Å². The van der Waals surface area contributed by atoms with Gasteiger partial charge in [-0.2, -0.15) is 0 Å². The fourth-order valence-electron chi connectivity index (χ4n) is 2.06. The van der Waals surface area contributed by atoms with Crippen LogP contribution in [0.15, 0.2) is 46.9 Å². The van der Waals surface area contributed by atoms with Crippen molar-refractivity contribution in [3.05, 3.63) is 58.1 Å². The summed E-state index contributed by atoms with van der Waals surface area (Å²) in [6, 6.07) is 13.9. The first-order valence-corrected chi connectivity index (χ1v) is 7.21. The summed E-state index contributed by atoms with van der Waals surface area (Å²) in [7, 11) is 0. The lowest BCUT2D eigenvalue weighted by atomic mass is 10.0. The van der Waals surface area contributed by atoms with Gasteiger partial charge in [0.2, 0.25) is 0 Å². The average Bonchev–Trinajstić information content (AvgIpc) is 2.41. The minimum atomic E-state index is 0.0974. The summed E-state index contributed by atoms with van der Waals surface area (Å²) < 4.78 is 0.976. The van der Waals surface area contributed by atoms with Crippen LogP contribution >= 0.6 is 15.9 Å². The maximum absolute atomic E-state index is 10.00. The molecule has 0 heterocycles. The molecule has 0 spiro atoms. The normalized spacial score (nSPS) is 12.2. The first-order chi connectivity index (χ1) is 9.10. The van der Waals surface area contributed by atoms with Gasteiger partial charge in [0, 0.05) is 15.7 Å². The summed E-state index contributed by atoms with van der Waals surface area (Å²) in [5, 5.41) is 13.5. The van der Waals surface area contributed by atoms with Gasteiger partial charge in [-0.25, -0.2) is 0 Å². The smallest absolute Gasteiger partial charge is 0.120 e. The van der Waals surface area contributed by atoms with E-state index < -0.39 is 0 Å². The molecule has 0 aliphatic heterocycles. The van der Waals surface area contributed by atoms with Crippen molar-refractivity contribution in [1.29, 1.82) is 0 Å². The van der Waals surface area contributed by atoms with Crippen LogP contribution in [-0.4, -0.2) is 5.11 Å². The van der Waals surface area contributed by atoms with Crippen molar-refractivity contribution in [1.82, 2.24) is 0 Å². The Morgan fingerprint density at radius 1 is 1.16 bits per heavy atom. The number of hydrogen-bond donors (Lipinski definition) is 2. The van der Waals surface area contributed by atoms with Crippen molar-refractivity contribution in [2.24, 2.45) is 0 Å². The van der Waals surface area contributed by atoms with E-state index in [0.29, 0.717) is 5.75 Å². The third-order valence-corrected chi connectivity index (χ3v) is 3.66. The van der Waals surface area contributed by atoms with Crippen LogP contribution < -0.4 is 5.32 Å². The van der Waals surface area contributed by atoms with Crippen LogP contribution in [0.1, 0.15) is 30.5 Å². The molecule has 0 aromatic heterocycles. The summed E-state index contributed by atoms with van der Waals surface area (Å²) in [5.74, 6) is 0.328. The molecule has 0 aliphatic rings. The average molecular weight is 320 g/mol. The Morgan fingerprint density at radius 3 is 2.47 bits per heavy atom. The van der Waals surface area contributed by atoms with E-state index in [-0.39, 0.29) is 6.04 Å². The Hall–Kier alpha value is -1.48. The van der Waals surface area contributed by atoms with Crippen LogP contribution in [0.5, 0.6) is 5.75 Å². The van der Waals surface area contributed by atoms with Gasteiger partial charge in [0.25, 0.3) is 0 Å². The zero-order chi connectivity index (χ0) is 13.8. The zero-order valence-electron chi connectivity index (χ0n) is 11.2. The molecule has 0 saturated heterocycles. The van der Waals surface area contributed by atoms with Crippen molar-refractivity contribution < 1.29 is 5.11 Å². The molecule has 2 aromatic carbocycles. The standard InChI is InChI=1S/C16H18BrNO/c1-3-15(14-10-12(17)6-9-16(14)19)18-13-7-4-11(2)5-8-13/h4-10,15,18-19H,3H2,1-2H3. The molecule has 0 aliphatic carbocycles. The molecule has 1 atom stereocenters. The Balaban J connectivity index is 2.24. The lowest BCUT2D eigenvalue weighted by molar-refractivity contribution is 0.462. The summed E-state index contributed by atoms with van der Waals surface area (Å²) in [6.07, 6.45) is 0.901. The van der Waals surface area contributed by atoms with Crippen LogP contribution in [0.3, 0.4) is 0 Å². The molecule has 0 bridgehead atoms. The lowest BCUT2D eigenvalue weighted by Crippen LogP contribution is -2.09. The van der Waals surface area contributed by atoms with Gasteiger partial charge in [-0.1, -0.05) is 40.5 Å². The number of anilines is 1. The third kappa shape index (κ3) is 3.51. The molecule has 0 saturated carbocycles. The Labute approximate surface area is 122 Å². The molecule has 1 unspecified atom stereocenters. The fraction of sp³-hybridized carbons (Fsp3) is 0.250. The van der Waals surface area contributed by atoms with Crippen molar-refractivity contribution in [3.8, 4) is 5.75 Å². The molecule has 3 heteroatoms. The van der Waals surface area contributed by atoms with Crippen LogP contribution in [-0.2, 0) is 0 Å². The number of phenolic OH excluding ortho intramolecular Hbond substituents is 1. The summed E-state index contributed by atoms with van der Waals surface area (Å²) in [4.78, 5) is 0. The quantitative estimate of drug-likeness (QED) is 0.828. The van der Waals surface area contributed by atoms with Crippen LogP contribution in [0.4, 0.5) is 5.69 Å². The summed E-state index contributed by atoms with van der Waals surface area (Å²) >= 11 is 3.45. The highest BCUT2D eigenvalue weighted by Gasteiger charge is 2.13. The largest absolute Gasteiger partial charge is 0.508 e. The SMILES string of the molecule is CCC(Nc1ccc(C)cc1)c1cc(Br)ccc1O. The number of rotatable bonds is 4. The highest BCUT2D eigenvalue weighted by atomic mass is 79.9. The summed E-state index contributed by atoms with van der Waals surface area (Å²) in [6.45, 7) is 4.17. The predicted molar refractivity (Wildman–Crippen MR) is 83.6 cm³/mol. The maximum atomic E-state index is 10.00. The van der Waals surface area contributed by atoms with E-state index in [9.17, 15) is 5.11 Å². The van der Waals surface area contributed by atoms with E-state index in [0.717, 1.165) is 22.1 Å². The predicted octanol–water partition coefficient (Wildman–Crippen LogP) is 5.03. The minimum Gasteiger partial charge on any atom is -0.508 e. The molecule has 2 N–H and O–H groups in total. The second kappa shape index (κ2) is 6.11. The highest BCUT2D eigenvalue weighted by molar-refractivity contribution is 9.10. The Morgan fingerprint density at radius 2 is 1.84 bits per heavy atom. The van der Waals surface area contributed by atoms with Gasteiger partial charge in [0.05, 0.1) is 6.04 Å². The number of nitrogens with one attached hydrogen (secondary N) is 1. The first-order valence-electron chi connectivity index (χ1n) is 6.41. The van der Waals surface area contributed by atoms with Gasteiger partial charge >= 0.3 is 0 Å². The number of phenols is 1. The molecule has 0 radical (unpaired) electrons.